The summed E-state index contributed by atoms with van der Waals surface area (Å²) in [7, 11) is 1.26. The molecule has 0 bridgehead atoms. The molecule has 2 atom stereocenters. The van der Waals surface area contributed by atoms with Gasteiger partial charge in [-0.05, 0) is 6.92 Å². The number of hydrogen-bond acceptors (Lipinski definition) is 5. The van der Waals surface area contributed by atoms with Crippen molar-refractivity contribution in [3.63, 3.8) is 0 Å². The van der Waals surface area contributed by atoms with Gasteiger partial charge in [0.1, 0.15) is 6.04 Å². The molecule has 0 aliphatic carbocycles. The van der Waals surface area contributed by atoms with Crippen LogP contribution in [0.15, 0.2) is 0 Å². The molecule has 0 spiro atoms. The molecule has 0 amide bonds. The van der Waals surface area contributed by atoms with Gasteiger partial charge in [-0.15, -0.1) is 0 Å². The molecule has 5 nitrogen and oxygen atoms in total. The van der Waals surface area contributed by atoms with Gasteiger partial charge < -0.3 is 20.3 Å². The lowest BCUT2D eigenvalue weighted by Gasteiger charge is -2.14. The van der Waals surface area contributed by atoms with Crippen molar-refractivity contribution in [3.05, 3.63) is 0 Å². The maximum atomic E-state index is 10.8. The minimum Gasteiger partial charge on any atom is -0.468 e. The van der Waals surface area contributed by atoms with Crippen molar-refractivity contribution in [2.75, 3.05) is 20.3 Å². The maximum absolute atomic E-state index is 10.8. The molecule has 0 radical (unpaired) electrons. The van der Waals surface area contributed by atoms with Crippen LogP contribution < -0.4 is 5.73 Å². The van der Waals surface area contributed by atoms with Crippen LogP contribution >= 0.6 is 0 Å². The van der Waals surface area contributed by atoms with Gasteiger partial charge in [-0.2, -0.15) is 0 Å². The fourth-order valence-electron chi connectivity index (χ4n) is 0.863. The van der Waals surface area contributed by atoms with E-state index >= 15 is 0 Å². The second kappa shape index (κ2) is 6.82. The number of methoxy groups -OCH3 is 1. The number of aliphatic hydroxyl groups is 1. The van der Waals surface area contributed by atoms with E-state index in [-0.39, 0.29) is 13.0 Å². The standard InChI is InChI=1S/C8H17NO4/c1-3-13-5-6(10)4-7(9)8(11)12-2/h6-7,10H,3-5,9H2,1-2H3. The third-order valence-corrected chi connectivity index (χ3v) is 1.54. The summed E-state index contributed by atoms with van der Waals surface area (Å²) < 4.78 is 9.35. The summed E-state index contributed by atoms with van der Waals surface area (Å²) in [4.78, 5) is 10.8. The number of ether oxygens (including phenoxy) is 2. The minimum atomic E-state index is -0.777. The van der Waals surface area contributed by atoms with Gasteiger partial charge in [0.25, 0.3) is 0 Å². The Morgan fingerprint density at radius 1 is 1.62 bits per heavy atom. The Hall–Kier alpha value is -0.650. The summed E-state index contributed by atoms with van der Waals surface area (Å²) in [5.74, 6) is -0.518. The SMILES string of the molecule is CCOCC(O)CC(N)C(=O)OC. The number of hydrogen-bond donors (Lipinski definition) is 2. The third-order valence-electron chi connectivity index (χ3n) is 1.54. The number of nitrogens with two attached hydrogens (primary N) is 1. The Kier molecular flexibility index (Phi) is 6.48. The highest BCUT2D eigenvalue weighted by molar-refractivity contribution is 5.75. The van der Waals surface area contributed by atoms with Gasteiger partial charge in [0.2, 0.25) is 0 Å². The van der Waals surface area contributed by atoms with Crippen LogP contribution in [-0.4, -0.2) is 43.5 Å². The lowest BCUT2D eigenvalue weighted by atomic mass is 10.1. The van der Waals surface area contributed by atoms with Gasteiger partial charge in [-0.3, -0.25) is 4.79 Å². The van der Waals surface area contributed by atoms with Crippen LogP contribution in [0.2, 0.25) is 0 Å². The zero-order valence-electron chi connectivity index (χ0n) is 8.03. The Morgan fingerprint density at radius 2 is 2.23 bits per heavy atom. The van der Waals surface area contributed by atoms with Crippen molar-refractivity contribution < 1.29 is 19.4 Å². The molecular weight excluding hydrogens is 174 g/mol. The smallest absolute Gasteiger partial charge is 0.322 e. The van der Waals surface area contributed by atoms with Crippen LogP contribution in [0.3, 0.4) is 0 Å². The number of esters is 1. The molecule has 0 saturated heterocycles. The largest absolute Gasteiger partial charge is 0.468 e. The summed E-state index contributed by atoms with van der Waals surface area (Å²) in [5.41, 5.74) is 5.41. The van der Waals surface area contributed by atoms with Crippen molar-refractivity contribution in [2.45, 2.75) is 25.5 Å². The van der Waals surface area contributed by atoms with E-state index in [1.165, 1.54) is 7.11 Å². The Labute approximate surface area is 77.8 Å². The van der Waals surface area contributed by atoms with Crippen molar-refractivity contribution in [2.24, 2.45) is 5.73 Å². The number of carbonyl (C=O) groups is 1. The summed E-state index contributed by atoms with van der Waals surface area (Å²) in [6.45, 7) is 2.55. The fraction of sp³-hybridized carbons (Fsp3) is 0.875. The first-order chi connectivity index (χ1) is 6.11. The lowest BCUT2D eigenvalue weighted by Crippen LogP contribution is -2.36. The van der Waals surface area contributed by atoms with Gasteiger partial charge in [-0.1, -0.05) is 0 Å². The lowest BCUT2D eigenvalue weighted by molar-refractivity contribution is -0.143. The van der Waals surface area contributed by atoms with Crippen LogP contribution in [0.5, 0.6) is 0 Å². The molecule has 0 rings (SSSR count). The Bertz CT molecular complexity index is 151. The monoisotopic (exact) mass is 191 g/mol. The maximum Gasteiger partial charge on any atom is 0.322 e. The van der Waals surface area contributed by atoms with Crippen molar-refractivity contribution in [3.8, 4) is 0 Å². The molecule has 13 heavy (non-hydrogen) atoms. The van der Waals surface area contributed by atoms with Crippen molar-refractivity contribution in [1.82, 2.24) is 0 Å². The van der Waals surface area contributed by atoms with E-state index in [4.69, 9.17) is 10.5 Å². The van der Waals surface area contributed by atoms with Crippen molar-refractivity contribution >= 4 is 5.97 Å². The van der Waals surface area contributed by atoms with E-state index in [2.05, 4.69) is 4.74 Å². The molecule has 0 aliphatic heterocycles. The van der Waals surface area contributed by atoms with Gasteiger partial charge >= 0.3 is 5.97 Å². The normalized spacial score (nSPS) is 15.1. The highest BCUT2D eigenvalue weighted by atomic mass is 16.5. The number of rotatable bonds is 6. The van der Waals surface area contributed by atoms with E-state index in [0.29, 0.717) is 6.61 Å². The van der Waals surface area contributed by atoms with Crippen LogP contribution in [0.1, 0.15) is 13.3 Å². The number of carbonyl (C=O) groups excluding carboxylic acids is 1. The van der Waals surface area contributed by atoms with Crippen LogP contribution in [-0.2, 0) is 14.3 Å². The molecule has 5 heteroatoms. The zero-order chi connectivity index (χ0) is 10.3. The molecule has 0 aliphatic rings. The summed E-state index contributed by atoms with van der Waals surface area (Å²) in [6, 6.07) is -0.777. The molecule has 0 saturated carbocycles. The summed E-state index contributed by atoms with van der Waals surface area (Å²) in [6.07, 6.45) is -0.554. The third kappa shape index (κ3) is 5.57. The quantitative estimate of drug-likeness (QED) is 0.541. The van der Waals surface area contributed by atoms with Gasteiger partial charge in [0, 0.05) is 13.0 Å². The minimum absolute atomic E-state index is 0.159. The molecule has 2 unspecified atom stereocenters. The molecule has 0 fully saturated rings. The topological polar surface area (TPSA) is 81.8 Å². The van der Waals surface area contributed by atoms with E-state index in [9.17, 15) is 9.90 Å². The molecular formula is C8H17NO4. The van der Waals surface area contributed by atoms with E-state index in [0.717, 1.165) is 0 Å². The Morgan fingerprint density at radius 3 is 2.69 bits per heavy atom. The molecule has 0 heterocycles. The number of aliphatic hydroxyl groups excluding tert-OH is 1. The zero-order valence-corrected chi connectivity index (χ0v) is 8.03. The van der Waals surface area contributed by atoms with Gasteiger partial charge in [0.15, 0.2) is 0 Å². The predicted octanol–water partition coefficient (Wildman–Crippen LogP) is -0.726. The molecule has 0 aromatic carbocycles. The highest BCUT2D eigenvalue weighted by Crippen LogP contribution is 1.98. The first-order valence-electron chi connectivity index (χ1n) is 4.21. The highest BCUT2D eigenvalue weighted by Gasteiger charge is 2.18. The molecule has 78 valence electrons. The predicted molar refractivity (Wildman–Crippen MR) is 47.1 cm³/mol. The summed E-state index contributed by atoms with van der Waals surface area (Å²) in [5, 5.41) is 9.28. The second-order valence-electron chi connectivity index (χ2n) is 2.68. The molecule has 3 N–H and O–H groups in total. The van der Waals surface area contributed by atoms with E-state index < -0.39 is 18.1 Å². The van der Waals surface area contributed by atoms with Crippen LogP contribution in [0.4, 0.5) is 0 Å². The van der Waals surface area contributed by atoms with Gasteiger partial charge in [-0.25, -0.2) is 0 Å². The Balaban J connectivity index is 3.64. The van der Waals surface area contributed by atoms with Crippen molar-refractivity contribution in [1.29, 1.82) is 0 Å². The first kappa shape index (κ1) is 12.3. The van der Waals surface area contributed by atoms with E-state index in [1.807, 2.05) is 6.92 Å². The first-order valence-corrected chi connectivity index (χ1v) is 4.21. The summed E-state index contributed by atoms with van der Waals surface area (Å²) >= 11 is 0. The van der Waals surface area contributed by atoms with Crippen LogP contribution in [0, 0.1) is 0 Å². The van der Waals surface area contributed by atoms with Crippen LogP contribution in [0.25, 0.3) is 0 Å². The molecule has 0 aromatic heterocycles. The van der Waals surface area contributed by atoms with Gasteiger partial charge in [0.05, 0.1) is 19.8 Å². The average Bonchev–Trinajstić information content (AvgIpc) is 2.13. The molecule has 0 aromatic rings. The second-order valence-corrected chi connectivity index (χ2v) is 2.68. The average molecular weight is 191 g/mol. The van der Waals surface area contributed by atoms with E-state index in [1.54, 1.807) is 0 Å². The fourth-order valence-corrected chi connectivity index (χ4v) is 0.863.